The first-order valence-corrected chi connectivity index (χ1v) is 10.9. The first-order chi connectivity index (χ1) is 15.4. The Hall–Kier alpha value is -3.72. The number of nitrogens with one attached hydrogen (secondary N) is 1. The summed E-state index contributed by atoms with van der Waals surface area (Å²) in [7, 11) is 5.36. The largest absolute Gasteiger partial charge is 0.495 e. The molecule has 0 spiro atoms. The van der Waals surface area contributed by atoms with E-state index in [9.17, 15) is 4.39 Å². The van der Waals surface area contributed by atoms with E-state index in [0.29, 0.717) is 23.0 Å². The van der Waals surface area contributed by atoms with Gasteiger partial charge in [-0.1, -0.05) is 0 Å². The van der Waals surface area contributed by atoms with Gasteiger partial charge in [-0.05, 0) is 54.8 Å². The average molecular weight is 449 g/mol. The van der Waals surface area contributed by atoms with Crippen LogP contribution in [0.4, 0.5) is 10.1 Å². The molecule has 32 heavy (non-hydrogen) atoms. The fourth-order valence-electron chi connectivity index (χ4n) is 3.59. The molecule has 0 amide bonds. The van der Waals surface area contributed by atoms with Crippen molar-refractivity contribution >= 4 is 28.1 Å². The molecule has 7 nitrogen and oxygen atoms in total. The average Bonchev–Trinajstić information content (AvgIpc) is 3.49. The van der Waals surface area contributed by atoms with Gasteiger partial charge in [-0.2, -0.15) is 0 Å². The van der Waals surface area contributed by atoms with Crippen molar-refractivity contribution < 1.29 is 9.13 Å². The molecule has 2 aromatic carbocycles. The van der Waals surface area contributed by atoms with Crippen LogP contribution in [0.2, 0.25) is 0 Å². The molecule has 0 unspecified atom stereocenters. The van der Waals surface area contributed by atoms with Gasteiger partial charge in [0.15, 0.2) is 11.6 Å². The number of benzene rings is 2. The number of halogens is 1. The van der Waals surface area contributed by atoms with Crippen LogP contribution in [0.15, 0.2) is 47.8 Å². The number of anilines is 1. The van der Waals surface area contributed by atoms with Gasteiger partial charge in [0.2, 0.25) is 0 Å². The lowest BCUT2D eigenvalue weighted by molar-refractivity contribution is 0.418. The summed E-state index contributed by atoms with van der Waals surface area (Å²) in [5, 5.41) is 6.63. The summed E-state index contributed by atoms with van der Waals surface area (Å²) >= 11 is 1.49. The molecule has 5 rings (SSSR count). The molecule has 3 aromatic heterocycles. The van der Waals surface area contributed by atoms with Crippen LogP contribution in [0.25, 0.3) is 38.8 Å². The van der Waals surface area contributed by atoms with E-state index in [-0.39, 0.29) is 5.82 Å². The molecule has 9 heteroatoms. The standard InChI is InChI=1S/C23H21FN6OS/c1-13-25-18-8-6-15(12-19(18)26-13)30-23(21-20(31-4)9-10-32-21)27-22(28-30)16-7-5-14(29(2)3)11-17(16)24/h5-12H,1-4H3,(H,25,26). The highest BCUT2D eigenvalue weighted by Gasteiger charge is 2.21. The zero-order valence-corrected chi connectivity index (χ0v) is 18.9. The molecule has 0 aliphatic carbocycles. The molecule has 0 radical (unpaired) electrons. The predicted molar refractivity (Wildman–Crippen MR) is 125 cm³/mol. The van der Waals surface area contributed by atoms with Crippen molar-refractivity contribution in [2.75, 3.05) is 26.1 Å². The van der Waals surface area contributed by atoms with Crippen molar-refractivity contribution in [3.63, 3.8) is 0 Å². The van der Waals surface area contributed by atoms with Gasteiger partial charge in [-0.3, -0.25) is 0 Å². The fraction of sp³-hybridized carbons (Fsp3) is 0.174. The molecule has 0 bridgehead atoms. The number of hydrogen-bond acceptors (Lipinski definition) is 6. The van der Waals surface area contributed by atoms with E-state index in [2.05, 4.69) is 9.97 Å². The van der Waals surface area contributed by atoms with E-state index < -0.39 is 0 Å². The van der Waals surface area contributed by atoms with Crippen LogP contribution >= 0.6 is 11.3 Å². The normalized spacial score (nSPS) is 11.3. The number of aryl methyl sites for hydroxylation is 1. The molecular formula is C23H21FN6OS. The Morgan fingerprint density at radius 1 is 1.09 bits per heavy atom. The summed E-state index contributed by atoms with van der Waals surface area (Å²) in [6.45, 7) is 1.91. The van der Waals surface area contributed by atoms with Crippen molar-refractivity contribution in [2.45, 2.75) is 6.92 Å². The maximum Gasteiger partial charge on any atom is 0.185 e. The third-order valence-electron chi connectivity index (χ3n) is 5.20. The number of nitrogens with zero attached hydrogens (tertiary/aromatic N) is 5. The summed E-state index contributed by atoms with van der Waals surface area (Å²) in [6.07, 6.45) is 0. The van der Waals surface area contributed by atoms with Crippen LogP contribution in [0.5, 0.6) is 5.75 Å². The number of H-pyrrole nitrogens is 1. The molecular weight excluding hydrogens is 427 g/mol. The van der Waals surface area contributed by atoms with E-state index in [0.717, 1.165) is 33.1 Å². The van der Waals surface area contributed by atoms with Gasteiger partial charge in [0.05, 0.1) is 29.4 Å². The van der Waals surface area contributed by atoms with E-state index in [1.54, 1.807) is 17.9 Å². The number of fused-ring (bicyclic) bond motifs is 1. The van der Waals surface area contributed by atoms with E-state index in [1.807, 2.05) is 61.6 Å². The van der Waals surface area contributed by atoms with Gasteiger partial charge >= 0.3 is 0 Å². The van der Waals surface area contributed by atoms with Crippen molar-refractivity contribution in [2.24, 2.45) is 0 Å². The lowest BCUT2D eigenvalue weighted by Gasteiger charge is -2.12. The first-order valence-electron chi connectivity index (χ1n) is 9.97. The second kappa shape index (κ2) is 7.76. The third-order valence-corrected chi connectivity index (χ3v) is 6.09. The number of rotatable bonds is 5. The zero-order chi connectivity index (χ0) is 22.4. The predicted octanol–water partition coefficient (Wildman–Crippen LogP) is 5.06. The lowest BCUT2D eigenvalue weighted by atomic mass is 10.1. The number of methoxy groups -OCH3 is 1. The summed E-state index contributed by atoms with van der Waals surface area (Å²) in [6, 6.07) is 12.7. The highest BCUT2D eigenvalue weighted by molar-refractivity contribution is 7.13. The molecule has 1 N–H and O–H groups in total. The van der Waals surface area contributed by atoms with Crippen LogP contribution < -0.4 is 9.64 Å². The number of ether oxygens (including phenoxy) is 1. The van der Waals surface area contributed by atoms with Gasteiger partial charge in [0, 0.05) is 19.8 Å². The minimum absolute atomic E-state index is 0.305. The van der Waals surface area contributed by atoms with E-state index in [4.69, 9.17) is 14.8 Å². The molecule has 0 aliphatic rings. The van der Waals surface area contributed by atoms with Crippen LogP contribution in [-0.4, -0.2) is 45.9 Å². The zero-order valence-electron chi connectivity index (χ0n) is 18.0. The molecule has 0 saturated heterocycles. The van der Waals surface area contributed by atoms with Crippen molar-refractivity contribution in [1.29, 1.82) is 0 Å². The number of aromatic nitrogens is 5. The topological polar surface area (TPSA) is 71.9 Å². The van der Waals surface area contributed by atoms with Gasteiger partial charge in [0.25, 0.3) is 0 Å². The van der Waals surface area contributed by atoms with Crippen LogP contribution in [0, 0.1) is 12.7 Å². The molecule has 0 atom stereocenters. The van der Waals surface area contributed by atoms with Crippen LogP contribution in [0.1, 0.15) is 5.82 Å². The summed E-state index contributed by atoms with van der Waals surface area (Å²) in [5.74, 6) is 2.03. The summed E-state index contributed by atoms with van der Waals surface area (Å²) in [5.41, 5.74) is 3.65. The molecule has 162 valence electrons. The second-order valence-electron chi connectivity index (χ2n) is 7.57. The number of aromatic amines is 1. The van der Waals surface area contributed by atoms with Gasteiger partial charge in [0.1, 0.15) is 22.3 Å². The molecule has 0 fully saturated rings. The Morgan fingerprint density at radius 2 is 1.94 bits per heavy atom. The smallest absolute Gasteiger partial charge is 0.185 e. The second-order valence-corrected chi connectivity index (χ2v) is 8.49. The maximum atomic E-state index is 15.0. The summed E-state index contributed by atoms with van der Waals surface area (Å²) < 4.78 is 22.2. The quantitative estimate of drug-likeness (QED) is 0.407. The summed E-state index contributed by atoms with van der Waals surface area (Å²) in [4.78, 5) is 15.1. The lowest BCUT2D eigenvalue weighted by Crippen LogP contribution is -2.08. The number of thiophene rings is 1. The maximum absolute atomic E-state index is 15.0. The Morgan fingerprint density at radius 3 is 2.69 bits per heavy atom. The SMILES string of the molecule is COc1ccsc1-c1nc(-c2ccc(N(C)C)cc2F)nn1-c1ccc2nc(C)[nH]c2c1. The minimum atomic E-state index is -0.377. The highest BCUT2D eigenvalue weighted by Crippen LogP contribution is 2.37. The Bertz CT molecular complexity index is 1430. The monoisotopic (exact) mass is 448 g/mol. The molecule has 0 aliphatic heterocycles. The van der Waals surface area contributed by atoms with Gasteiger partial charge < -0.3 is 14.6 Å². The Balaban J connectivity index is 1.70. The molecule has 0 saturated carbocycles. The van der Waals surface area contributed by atoms with Crippen molar-refractivity contribution in [3.05, 3.63) is 59.5 Å². The van der Waals surface area contributed by atoms with E-state index >= 15 is 0 Å². The van der Waals surface area contributed by atoms with Crippen molar-refractivity contribution in [3.8, 4) is 33.5 Å². The van der Waals surface area contributed by atoms with Crippen LogP contribution in [-0.2, 0) is 0 Å². The Kier molecular flexibility index (Phi) is 4.90. The van der Waals surface area contributed by atoms with Gasteiger partial charge in [-0.15, -0.1) is 16.4 Å². The Labute approximate surface area is 188 Å². The van der Waals surface area contributed by atoms with E-state index in [1.165, 1.54) is 17.4 Å². The first kappa shape index (κ1) is 20.2. The van der Waals surface area contributed by atoms with Crippen LogP contribution in [0.3, 0.4) is 0 Å². The highest BCUT2D eigenvalue weighted by atomic mass is 32.1. The van der Waals surface area contributed by atoms with Crippen molar-refractivity contribution in [1.82, 2.24) is 24.7 Å². The number of imidazole rings is 1. The fourth-order valence-corrected chi connectivity index (χ4v) is 4.43. The van der Waals surface area contributed by atoms with Gasteiger partial charge in [-0.25, -0.2) is 19.0 Å². The number of hydrogen-bond donors (Lipinski definition) is 1. The molecule has 5 aromatic rings. The minimum Gasteiger partial charge on any atom is -0.495 e. The molecule has 3 heterocycles. The third kappa shape index (κ3) is 3.40.